The van der Waals surface area contributed by atoms with E-state index in [1.165, 1.54) is 0 Å². The molecule has 0 unspecified atom stereocenters. The fraction of sp³-hybridized carbons (Fsp3) is 0.500. The summed E-state index contributed by atoms with van der Waals surface area (Å²) in [7, 11) is 0. The highest BCUT2D eigenvalue weighted by Gasteiger charge is 2.45. The summed E-state index contributed by atoms with van der Waals surface area (Å²) < 4.78 is 0. The number of benzene rings is 1. The van der Waals surface area contributed by atoms with Crippen molar-refractivity contribution in [3.05, 3.63) is 28.8 Å². The van der Waals surface area contributed by atoms with Crippen LogP contribution in [0.5, 0.6) is 0 Å². The van der Waals surface area contributed by atoms with Gasteiger partial charge in [-0.2, -0.15) is 5.26 Å². The second-order valence-corrected chi connectivity index (χ2v) is 6.36. The number of rotatable bonds is 3. The molecule has 1 aromatic rings. The molecule has 112 valence electrons. The lowest BCUT2D eigenvalue weighted by Crippen LogP contribution is -2.34. The topological polar surface area (TPSA) is 64.3 Å². The molecule has 2 rings (SSSR count). The molecule has 0 spiro atoms. The van der Waals surface area contributed by atoms with Crippen LogP contribution in [0.3, 0.4) is 0 Å². The molecule has 0 bridgehead atoms. The summed E-state index contributed by atoms with van der Waals surface area (Å²) in [4.78, 5) is 14.2. The third-order valence-corrected chi connectivity index (χ3v) is 4.26. The molecule has 0 radical (unpaired) electrons. The number of amides is 1. The molecule has 0 saturated carbocycles. The second-order valence-electron chi connectivity index (χ2n) is 5.95. The molecule has 1 N–H and O–H groups in total. The first-order valence-corrected chi connectivity index (χ1v) is 7.45. The number of carbonyl (C=O) groups is 1. The molecule has 5 heteroatoms. The maximum absolute atomic E-state index is 12.6. The largest absolute Gasteiger partial charge is 0.390 e. The lowest BCUT2D eigenvalue weighted by atomic mass is 9.92. The zero-order valence-electron chi connectivity index (χ0n) is 12.4. The van der Waals surface area contributed by atoms with E-state index >= 15 is 0 Å². The van der Waals surface area contributed by atoms with Crippen LogP contribution in [0.4, 0.5) is 5.69 Å². The number of hydrogen-bond acceptors (Lipinski definition) is 3. The van der Waals surface area contributed by atoms with E-state index in [2.05, 4.69) is 0 Å². The molecule has 21 heavy (non-hydrogen) atoms. The predicted octanol–water partition coefficient (Wildman–Crippen LogP) is 2.97. The number of halogens is 1. The number of carbonyl (C=O) groups excluding carboxylic acids is 1. The van der Waals surface area contributed by atoms with Crippen LogP contribution in [-0.2, 0) is 4.79 Å². The van der Waals surface area contributed by atoms with Gasteiger partial charge in [-0.05, 0) is 37.5 Å². The van der Waals surface area contributed by atoms with Gasteiger partial charge in [-0.3, -0.25) is 4.79 Å². The zero-order valence-corrected chi connectivity index (χ0v) is 13.1. The Balaban J connectivity index is 2.34. The smallest absolute Gasteiger partial charge is 0.233 e. The molecule has 1 aliphatic rings. The average molecular weight is 307 g/mol. The standard InChI is InChI=1S/C16H19ClN2O2/c1-9(2)6-13-15(20)10(3)19(16(13)21)12-5-4-11(8-18)14(17)7-12/h4-5,7,9-10,13,15,20H,6H2,1-3H3/t10-,13-,15+/m0/s1. The zero-order chi connectivity index (χ0) is 15.7. The van der Waals surface area contributed by atoms with Gasteiger partial charge in [0.15, 0.2) is 0 Å². The van der Waals surface area contributed by atoms with Gasteiger partial charge < -0.3 is 10.0 Å². The summed E-state index contributed by atoms with van der Waals surface area (Å²) >= 11 is 6.04. The number of aliphatic hydroxyl groups excluding tert-OH is 1. The third-order valence-electron chi connectivity index (χ3n) is 3.95. The molecule has 0 aromatic heterocycles. The first-order chi connectivity index (χ1) is 9.86. The van der Waals surface area contributed by atoms with Crippen molar-refractivity contribution in [1.29, 1.82) is 5.26 Å². The molecule has 1 heterocycles. The van der Waals surface area contributed by atoms with E-state index < -0.39 is 6.10 Å². The van der Waals surface area contributed by atoms with Crippen molar-refractivity contribution < 1.29 is 9.90 Å². The van der Waals surface area contributed by atoms with Crippen molar-refractivity contribution in [2.24, 2.45) is 11.8 Å². The lowest BCUT2D eigenvalue weighted by Gasteiger charge is -2.23. The molecule has 3 atom stereocenters. The minimum Gasteiger partial charge on any atom is -0.390 e. The highest BCUT2D eigenvalue weighted by Crippen LogP contribution is 2.35. The molecule has 1 saturated heterocycles. The number of anilines is 1. The van der Waals surface area contributed by atoms with Crippen molar-refractivity contribution >= 4 is 23.2 Å². The van der Waals surface area contributed by atoms with Crippen LogP contribution in [0.15, 0.2) is 18.2 Å². The molecule has 1 aliphatic heterocycles. The summed E-state index contributed by atoms with van der Waals surface area (Å²) in [6.07, 6.45) is -0.0282. The Labute approximate surface area is 129 Å². The molecular formula is C16H19ClN2O2. The SMILES string of the molecule is CC(C)C[C@@H]1C(=O)N(c2ccc(C#N)c(Cl)c2)[C@@H](C)[C@H]1O. The van der Waals surface area contributed by atoms with E-state index in [0.29, 0.717) is 28.6 Å². The van der Waals surface area contributed by atoms with Gasteiger partial charge in [0.2, 0.25) is 5.91 Å². The Bertz CT molecular complexity index is 594. The fourth-order valence-electron chi connectivity index (χ4n) is 2.87. The lowest BCUT2D eigenvalue weighted by molar-refractivity contribution is -0.122. The quantitative estimate of drug-likeness (QED) is 0.933. The van der Waals surface area contributed by atoms with Gasteiger partial charge in [-0.1, -0.05) is 25.4 Å². The van der Waals surface area contributed by atoms with Gasteiger partial charge in [0.05, 0.1) is 28.6 Å². The monoisotopic (exact) mass is 306 g/mol. The van der Waals surface area contributed by atoms with Gasteiger partial charge in [0, 0.05) is 5.69 Å². The van der Waals surface area contributed by atoms with Crippen molar-refractivity contribution in [1.82, 2.24) is 0 Å². The number of hydrogen-bond donors (Lipinski definition) is 1. The van der Waals surface area contributed by atoms with E-state index in [0.717, 1.165) is 0 Å². The highest BCUT2D eigenvalue weighted by atomic mass is 35.5. The van der Waals surface area contributed by atoms with E-state index in [-0.39, 0.29) is 17.9 Å². The summed E-state index contributed by atoms with van der Waals surface area (Å²) in [6, 6.07) is 6.60. The van der Waals surface area contributed by atoms with Crippen molar-refractivity contribution in [2.75, 3.05) is 4.90 Å². The molecular weight excluding hydrogens is 288 g/mol. The molecule has 0 aliphatic carbocycles. The van der Waals surface area contributed by atoms with Crippen LogP contribution in [0.2, 0.25) is 5.02 Å². The normalized spacial score (nSPS) is 25.5. The van der Waals surface area contributed by atoms with E-state index in [1.54, 1.807) is 23.1 Å². The highest BCUT2D eigenvalue weighted by molar-refractivity contribution is 6.32. The predicted molar refractivity (Wildman–Crippen MR) is 82.1 cm³/mol. The number of aliphatic hydroxyl groups is 1. The van der Waals surface area contributed by atoms with Crippen LogP contribution in [0.1, 0.15) is 32.8 Å². The maximum Gasteiger partial charge on any atom is 0.233 e. The molecule has 4 nitrogen and oxygen atoms in total. The van der Waals surface area contributed by atoms with E-state index in [4.69, 9.17) is 16.9 Å². The summed E-state index contributed by atoms with van der Waals surface area (Å²) in [6.45, 7) is 5.90. The fourth-order valence-corrected chi connectivity index (χ4v) is 3.09. The van der Waals surface area contributed by atoms with Crippen molar-refractivity contribution in [3.8, 4) is 6.07 Å². The number of nitrogens with zero attached hydrogens (tertiary/aromatic N) is 2. The maximum atomic E-state index is 12.6. The minimum atomic E-state index is -0.686. The van der Waals surface area contributed by atoms with Crippen molar-refractivity contribution in [2.45, 2.75) is 39.3 Å². The Kier molecular flexibility index (Phi) is 4.55. The van der Waals surface area contributed by atoms with Gasteiger partial charge in [-0.15, -0.1) is 0 Å². The Morgan fingerprint density at radius 3 is 2.67 bits per heavy atom. The van der Waals surface area contributed by atoms with Crippen LogP contribution < -0.4 is 4.90 Å². The molecule has 1 amide bonds. The van der Waals surface area contributed by atoms with Gasteiger partial charge in [0.25, 0.3) is 0 Å². The Morgan fingerprint density at radius 2 is 2.14 bits per heavy atom. The van der Waals surface area contributed by atoms with Gasteiger partial charge >= 0.3 is 0 Å². The third kappa shape index (κ3) is 2.90. The number of nitriles is 1. The molecule has 1 fully saturated rings. The Hall–Kier alpha value is -1.57. The van der Waals surface area contributed by atoms with Crippen molar-refractivity contribution in [3.63, 3.8) is 0 Å². The van der Waals surface area contributed by atoms with Gasteiger partial charge in [0.1, 0.15) is 6.07 Å². The minimum absolute atomic E-state index is 0.0792. The van der Waals surface area contributed by atoms with Crippen LogP contribution in [0.25, 0.3) is 0 Å². The van der Waals surface area contributed by atoms with E-state index in [9.17, 15) is 9.90 Å². The van der Waals surface area contributed by atoms with Crippen LogP contribution in [-0.4, -0.2) is 23.2 Å². The van der Waals surface area contributed by atoms with E-state index in [1.807, 2.05) is 26.8 Å². The van der Waals surface area contributed by atoms with Crippen LogP contribution in [0, 0.1) is 23.2 Å². The summed E-state index contributed by atoms with van der Waals surface area (Å²) in [5.41, 5.74) is 1.00. The first kappa shape index (κ1) is 15.8. The summed E-state index contributed by atoms with van der Waals surface area (Å²) in [5, 5.41) is 19.6. The average Bonchev–Trinajstić information content (AvgIpc) is 2.62. The van der Waals surface area contributed by atoms with Crippen LogP contribution >= 0.6 is 11.6 Å². The van der Waals surface area contributed by atoms with Gasteiger partial charge in [-0.25, -0.2) is 0 Å². The summed E-state index contributed by atoms with van der Waals surface area (Å²) in [5.74, 6) is -0.121. The Morgan fingerprint density at radius 1 is 1.48 bits per heavy atom. The molecule has 1 aromatic carbocycles. The second kappa shape index (κ2) is 6.05. The first-order valence-electron chi connectivity index (χ1n) is 7.07.